The van der Waals surface area contributed by atoms with E-state index >= 15 is 0 Å². The molecule has 6 nitrogen and oxygen atoms in total. The smallest absolute Gasteiger partial charge is 0.232 e. The average molecular weight is 291 g/mol. The van der Waals surface area contributed by atoms with Gasteiger partial charge in [-0.15, -0.1) is 10.2 Å². The van der Waals surface area contributed by atoms with Crippen molar-refractivity contribution < 1.29 is 4.79 Å². The Kier molecular flexibility index (Phi) is 4.05. The number of aromatic amines is 1. The van der Waals surface area contributed by atoms with Crippen LogP contribution in [0, 0.1) is 0 Å². The number of nitrogens with one attached hydrogen (secondary N) is 2. The van der Waals surface area contributed by atoms with Gasteiger partial charge in [0.05, 0.1) is 12.7 Å². The SMILES string of the molecule is O=C(Cc1cnc[nH]1)Nc1nnc(C2CCCCC2)s1. The molecular formula is C13H17N5OS. The molecule has 106 valence electrons. The van der Waals surface area contributed by atoms with Crippen molar-refractivity contribution in [1.29, 1.82) is 0 Å². The Morgan fingerprint density at radius 2 is 2.20 bits per heavy atom. The van der Waals surface area contributed by atoms with Crippen LogP contribution in [0.2, 0.25) is 0 Å². The summed E-state index contributed by atoms with van der Waals surface area (Å²) in [5.41, 5.74) is 0.791. The molecule has 1 fully saturated rings. The summed E-state index contributed by atoms with van der Waals surface area (Å²) in [4.78, 5) is 18.6. The zero-order chi connectivity index (χ0) is 13.8. The molecule has 1 aliphatic rings. The van der Waals surface area contributed by atoms with E-state index in [2.05, 4.69) is 25.5 Å². The molecule has 2 heterocycles. The molecule has 0 unspecified atom stereocenters. The predicted molar refractivity (Wildman–Crippen MR) is 76.7 cm³/mol. The van der Waals surface area contributed by atoms with Crippen LogP contribution in [-0.4, -0.2) is 26.1 Å². The quantitative estimate of drug-likeness (QED) is 0.906. The van der Waals surface area contributed by atoms with E-state index in [1.54, 1.807) is 12.5 Å². The largest absolute Gasteiger partial charge is 0.348 e. The van der Waals surface area contributed by atoms with Crippen LogP contribution >= 0.6 is 11.3 Å². The Morgan fingerprint density at radius 3 is 2.95 bits per heavy atom. The highest BCUT2D eigenvalue weighted by Crippen LogP contribution is 2.35. The second kappa shape index (κ2) is 6.13. The van der Waals surface area contributed by atoms with E-state index in [0.717, 1.165) is 10.7 Å². The Morgan fingerprint density at radius 1 is 1.35 bits per heavy atom. The number of imidazole rings is 1. The van der Waals surface area contributed by atoms with Crippen LogP contribution in [-0.2, 0) is 11.2 Å². The van der Waals surface area contributed by atoms with Crippen LogP contribution in [0.3, 0.4) is 0 Å². The number of nitrogens with zero attached hydrogens (tertiary/aromatic N) is 3. The second-order valence-electron chi connectivity index (χ2n) is 5.08. The lowest BCUT2D eigenvalue weighted by molar-refractivity contribution is -0.115. The molecule has 2 aromatic heterocycles. The number of carbonyl (C=O) groups is 1. The lowest BCUT2D eigenvalue weighted by Crippen LogP contribution is -2.14. The summed E-state index contributed by atoms with van der Waals surface area (Å²) in [5, 5.41) is 12.7. The van der Waals surface area contributed by atoms with Gasteiger partial charge in [0.15, 0.2) is 0 Å². The molecule has 7 heteroatoms. The highest BCUT2D eigenvalue weighted by molar-refractivity contribution is 7.15. The zero-order valence-electron chi connectivity index (χ0n) is 11.1. The van der Waals surface area contributed by atoms with E-state index in [0.29, 0.717) is 11.0 Å². The summed E-state index contributed by atoms with van der Waals surface area (Å²) in [6, 6.07) is 0. The molecule has 1 amide bonds. The number of carbonyl (C=O) groups excluding carboxylic acids is 1. The Balaban J connectivity index is 1.57. The number of amides is 1. The molecule has 0 saturated heterocycles. The molecular weight excluding hydrogens is 274 g/mol. The summed E-state index contributed by atoms with van der Waals surface area (Å²) in [6.45, 7) is 0. The fourth-order valence-corrected chi connectivity index (χ4v) is 3.45. The van der Waals surface area contributed by atoms with Gasteiger partial charge in [-0.05, 0) is 12.8 Å². The van der Waals surface area contributed by atoms with E-state index < -0.39 is 0 Å². The van der Waals surface area contributed by atoms with Crippen LogP contribution in [0.1, 0.15) is 48.7 Å². The molecule has 2 aromatic rings. The first-order chi connectivity index (χ1) is 9.81. The Labute approximate surface area is 121 Å². The molecule has 0 bridgehead atoms. The number of aromatic nitrogens is 4. The van der Waals surface area contributed by atoms with Gasteiger partial charge in [-0.3, -0.25) is 4.79 Å². The van der Waals surface area contributed by atoms with Gasteiger partial charge in [0.2, 0.25) is 11.0 Å². The molecule has 0 aliphatic heterocycles. The van der Waals surface area contributed by atoms with E-state index in [9.17, 15) is 4.79 Å². The first-order valence-corrected chi connectivity index (χ1v) is 7.73. The number of rotatable bonds is 4. The maximum atomic E-state index is 11.8. The normalized spacial score (nSPS) is 16.2. The van der Waals surface area contributed by atoms with Gasteiger partial charge >= 0.3 is 0 Å². The minimum atomic E-state index is -0.0967. The number of hydrogen-bond donors (Lipinski definition) is 2. The van der Waals surface area contributed by atoms with Gasteiger partial charge in [-0.2, -0.15) is 0 Å². The first-order valence-electron chi connectivity index (χ1n) is 6.92. The molecule has 20 heavy (non-hydrogen) atoms. The third-order valence-corrected chi connectivity index (χ3v) is 4.55. The van der Waals surface area contributed by atoms with Gasteiger partial charge in [-0.25, -0.2) is 4.98 Å². The third-order valence-electron chi connectivity index (χ3n) is 3.55. The lowest BCUT2D eigenvalue weighted by Gasteiger charge is -2.18. The average Bonchev–Trinajstić information content (AvgIpc) is 3.11. The third kappa shape index (κ3) is 3.22. The molecule has 0 aromatic carbocycles. The minimum absolute atomic E-state index is 0.0967. The zero-order valence-corrected chi connectivity index (χ0v) is 11.9. The standard InChI is InChI=1S/C13H17N5OS/c19-11(6-10-7-14-8-15-10)16-13-18-17-12(20-13)9-4-2-1-3-5-9/h7-9H,1-6H2,(H,14,15)(H,16,18,19). The monoisotopic (exact) mass is 291 g/mol. The van der Waals surface area contributed by atoms with Gasteiger partial charge in [0.25, 0.3) is 0 Å². The Bertz CT molecular complexity index is 559. The fourth-order valence-electron chi connectivity index (χ4n) is 2.52. The van der Waals surface area contributed by atoms with Gasteiger partial charge in [-0.1, -0.05) is 30.6 Å². The molecule has 0 atom stereocenters. The van der Waals surface area contributed by atoms with Crippen molar-refractivity contribution in [3.8, 4) is 0 Å². The van der Waals surface area contributed by atoms with Crippen molar-refractivity contribution in [1.82, 2.24) is 20.2 Å². The van der Waals surface area contributed by atoms with E-state index in [1.807, 2.05) is 0 Å². The van der Waals surface area contributed by atoms with Crippen LogP contribution in [0.15, 0.2) is 12.5 Å². The summed E-state index contributed by atoms with van der Waals surface area (Å²) in [6.07, 6.45) is 9.73. The fraction of sp³-hybridized carbons (Fsp3) is 0.538. The maximum absolute atomic E-state index is 11.8. The number of hydrogen-bond acceptors (Lipinski definition) is 5. The highest BCUT2D eigenvalue weighted by atomic mass is 32.1. The van der Waals surface area contributed by atoms with Crippen molar-refractivity contribution in [2.75, 3.05) is 5.32 Å². The highest BCUT2D eigenvalue weighted by Gasteiger charge is 2.20. The van der Waals surface area contributed by atoms with Gasteiger partial charge < -0.3 is 10.3 Å². The maximum Gasteiger partial charge on any atom is 0.232 e. The Hall–Kier alpha value is -1.76. The molecule has 2 N–H and O–H groups in total. The predicted octanol–water partition coefficient (Wildman–Crippen LogP) is 2.49. The van der Waals surface area contributed by atoms with Crippen molar-refractivity contribution in [2.24, 2.45) is 0 Å². The second-order valence-corrected chi connectivity index (χ2v) is 6.09. The van der Waals surface area contributed by atoms with Crippen molar-refractivity contribution in [2.45, 2.75) is 44.4 Å². The van der Waals surface area contributed by atoms with E-state index in [-0.39, 0.29) is 12.3 Å². The van der Waals surface area contributed by atoms with Crippen LogP contribution in [0.4, 0.5) is 5.13 Å². The molecule has 1 aliphatic carbocycles. The van der Waals surface area contributed by atoms with Crippen molar-refractivity contribution in [3.63, 3.8) is 0 Å². The van der Waals surface area contributed by atoms with E-state index in [1.165, 1.54) is 43.4 Å². The summed E-state index contributed by atoms with van der Waals surface area (Å²) < 4.78 is 0. The van der Waals surface area contributed by atoms with Gasteiger partial charge in [0.1, 0.15) is 5.01 Å². The topological polar surface area (TPSA) is 83.6 Å². The first kappa shape index (κ1) is 13.2. The number of anilines is 1. The number of H-pyrrole nitrogens is 1. The molecule has 3 rings (SSSR count). The van der Waals surface area contributed by atoms with Gasteiger partial charge in [0, 0.05) is 17.8 Å². The minimum Gasteiger partial charge on any atom is -0.348 e. The summed E-state index contributed by atoms with van der Waals surface area (Å²) in [5.74, 6) is 0.431. The summed E-state index contributed by atoms with van der Waals surface area (Å²) in [7, 11) is 0. The molecule has 1 saturated carbocycles. The van der Waals surface area contributed by atoms with Crippen LogP contribution < -0.4 is 5.32 Å². The van der Waals surface area contributed by atoms with Crippen LogP contribution in [0.25, 0.3) is 0 Å². The molecule has 0 radical (unpaired) electrons. The summed E-state index contributed by atoms with van der Waals surface area (Å²) >= 11 is 1.50. The lowest BCUT2D eigenvalue weighted by atomic mass is 9.90. The molecule has 0 spiro atoms. The van der Waals surface area contributed by atoms with E-state index in [4.69, 9.17) is 0 Å². The van der Waals surface area contributed by atoms with Crippen LogP contribution in [0.5, 0.6) is 0 Å². The van der Waals surface area contributed by atoms with Crippen molar-refractivity contribution in [3.05, 3.63) is 23.2 Å². The van der Waals surface area contributed by atoms with Crippen molar-refractivity contribution >= 4 is 22.4 Å².